The van der Waals surface area contributed by atoms with Crippen LogP contribution in [0, 0.1) is 11.6 Å². The number of benzene rings is 2. The highest BCUT2D eigenvalue weighted by Crippen LogP contribution is 2.43. The molecule has 6 heteroatoms. The molecule has 3 nitrogen and oxygen atoms in total. The molecule has 2 aromatic carbocycles. The van der Waals surface area contributed by atoms with Crippen LogP contribution in [-0.4, -0.2) is 19.9 Å². The summed E-state index contributed by atoms with van der Waals surface area (Å²) in [5.41, 5.74) is 0.998. The molecular weight excluding hydrogens is 321 g/mol. The fourth-order valence-electron chi connectivity index (χ4n) is 2.08. The van der Waals surface area contributed by atoms with Crippen molar-refractivity contribution in [2.45, 2.75) is 12.8 Å². The Morgan fingerprint density at radius 1 is 0.826 bits per heavy atom. The molecule has 0 N–H and O–H groups in total. The second-order valence-electron chi connectivity index (χ2n) is 5.12. The molecule has 2 rings (SSSR count). The van der Waals surface area contributed by atoms with Gasteiger partial charge in [-0.15, -0.1) is 0 Å². The molecule has 0 amide bonds. The van der Waals surface area contributed by atoms with Crippen molar-refractivity contribution in [3.63, 3.8) is 0 Å². The first-order chi connectivity index (χ1) is 11.0. The highest BCUT2D eigenvalue weighted by Gasteiger charge is 2.17. The van der Waals surface area contributed by atoms with Crippen molar-refractivity contribution >= 4 is 7.60 Å². The van der Waals surface area contributed by atoms with Crippen LogP contribution in [0.25, 0.3) is 0 Å². The molecule has 0 heterocycles. The average Bonchev–Trinajstić information content (AvgIpc) is 2.51. The third-order valence-corrected chi connectivity index (χ3v) is 4.61. The molecule has 0 radical (unpaired) electrons. The second-order valence-corrected chi connectivity index (χ2v) is 7.18. The van der Waals surface area contributed by atoms with Gasteiger partial charge in [-0.05, 0) is 36.1 Å². The minimum Gasteiger partial charge on any atom is -0.308 e. The SMILES string of the molecule is CP(=O)(OCCc1ccccc1F)OCCc1ccccc1F. The maximum absolute atomic E-state index is 13.4. The van der Waals surface area contributed by atoms with Crippen LogP contribution in [0.4, 0.5) is 8.78 Å². The molecule has 0 spiro atoms. The van der Waals surface area contributed by atoms with Crippen LogP contribution < -0.4 is 0 Å². The first kappa shape index (κ1) is 17.8. The molecule has 0 fully saturated rings. The Hall–Kier alpha value is -1.55. The van der Waals surface area contributed by atoms with Crippen LogP contribution in [0.2, 0.25) is 0 Å². The van der Waals surface area contributed by atoms with Gasteiger partial charge in [0, 0.05) is 6.66 Å². The summed E-state index contributed by atoms with van der Waals surface area (Å²) in [4.78, 5) is 0. The van der Waals surface area contributed by atoms with Gasteiger partial charge in [0.15, 0.2) is 0 Å². The Kier molecular flexibility index (Phi) is 6.46. The zero-order chi connectivity index (χ0) is 16.7. The van der Waals surface area contributed by atoms with Gasteiger partial charge in [0.25, 0.3) is 0 Å². The van der Waals surface area contributed by atoms with E-state index in [-0.39, 0.29) is 24.8 Å². The van der Waals surface area contributed by atoms with Crippen LogP contribution in [0.15, 0.2) is 48.5 Å². The summed E-state index contributed by atoms with van der Waals surface area (Å²) in [5, 5.41) is 0. The topological polar surface area (TPSA) is 35.5 Å². The molecule has 0 unspecified atom stereocenters. The van der Waals surface area contributed by atoms with Gasteiger partial charge in [-0.25, -0.2) is 8.78 Å². The fraction of sp³-hybridized carbons (Fsp3) is 0.294. The zero-order valence-electron chi connectivity index (χ0n) is 12.9. The molecule has 0 saturated carbocycles. The molecule has 0 atom stereocenters. The maximum Gasteiger partial charge on any atom is 0.327 e. The summed E-state index contributed by atoms with van der Waals surface area (Å²) in [7, 11) is -3.24. The summed E-state index contributed by atoms with van der Waals surface area (Å²) in [5.74, 6) is -0.634. The highest BCUT2D eigenvalue weighted by molar-refractivity contribution is 7.52. The molecule has 0 bridgehead atoms. The van der Waals surface area contributed by atoms with E-state index >= 15 is 0 Å². The zero-order valence-corrected chi connectivity index (χ0v) is 13.8. The van der Waals surface area contributed by atoms with Gasteiger partial charge in [-0.3, -0.25) is 4.57 Å². The monoisotopic (exact) mass is 340 g/mol. The lowest BCUT2D eigenvalue weighted by Crippen LogP contribution is -2.04. The second kappa shape index (κ2) is 8.34. The quantitative estimate of drug-likeness (QED) is 0.659. The normalized spacial score (nSPS) is 11.6. The van der Waals surface area contributed by atoms with Crippen molar-refractivity contribution in [1.82, 2.24) is 0 Å². The van der Waals surface area contributed by atoms with Crippen LogP contribution >= 0.6 is 7.60 Å². The van der Waals surface area contributed by atoms with Crippen molar-refractivity contribution in [3.05, 3.63) is 71.3 Å². The lowest BCUT2D eigenvalue weighted by molar-refractivity contribution is 0.211. The summed E-state index contributed by atoms with van der Waals surface area (Å²) in [6.07, 6.45) is 0.613. The third kappa shape index (κ3) is 5.87. The molecule has 0 aliphatic heterocycles. The Morgan fingerprint density at radius 2 is 1.22 bits per heavy atom. The van der Waals surface area contributed by atoms with Crippen molar-refractivity contribution in [1.29, 1.82) is 0 Å². The summed E-state index contributed by atoms with van der Waals surface area (Å²) >= 11 is 0. The predicted octanol–water partition coefficient (Wildman–Crippen LogP) is 4.61. The largest absolute Gasteiger partial charge is 0.327 e. The van der Waals surface area contributed by atoms with Gasteiger partial charge in [-0.2, -0.15) is 0 Å². The average molecular weight is 340 g/mol. The fourth-order valence-corrected chi connectivity index (χ4v) is 3.00. The first-order valence-electron chi connectivity index (χ1n) is 7.31. The first-order valence-corrected chi connectivity index (χ1v) is 9.30. The van der Waals surface area contributed by atoms with Gasteiger partial charge in [0.1, 0.15) is 11.6 Å². The standard InChI is InChI=1S/C17H19F2O3P/c1-23(20,21-12-10-14-6-2-4-8-16(14)18)22-13-11-15-7-3-5-9-17(15)19/h2-9H,10-13H2,1H3. The number of hydrogen-bond acceptors (Lipinski definition) is 3. The summed E-state index contributed by atoms with van der Waals surface area (Å²) < 4.78 is 49.5. The number of rotatable bonds is 8. The van der Waals surface area contributed by atoms with Crippen molar-refractivity contribution < 1.29 is 22.4 Å². The Balaban J connectivity index is 1.75. The Labute approximate surface area is 134 Å². The lowest BCUT2D eigenvalue weighted by Gasteiger charge is -2.14. The van der Waals surface area contributed by atoms with E-state index in [4.69, 9.17) is 9.05 Å². The predicted molar refractivity (Wildman–Crippen MR) is 85.6 cm³/mol. The molecule has 0 aliphatic rings. The van der Waals surface area contributed by atoms with Crippen molar-refractivity contribution in [2.75, 3.05) is 19.9 Å². The molecule has 2 aromatic rings. The van der Waals surface area contributed by atoms with E-state index in [0.717, 1.165) is 0 Å². The van der Waals surface area contributed by atoms with E-state index in [9.17, 15) is 13.3 Å². The summed E-state index contributed by atoms with van der Waals surface area (Å²) in [6.45, 7) is 1.54. The maximum atomic E-state index is 13.4. The third-order valence-electron chi connectivity index (χ3n) is 3.31. The minimum absolute atomic E-state index is 0.0917. The van der Waals surface area contributed by atoms with Crippen LogP contribution in [-0.2, 0) is 26.5 Å². The smallest absolute Gasteiger partial charge is 0.308 e. The van der Waals surface area contributed by atoms with Gasteiger partial charge < -0.3 is 9.05 Å². The van der Waals surface area contributed by atoms with Crippen LogP contribution in [0.3, 0.4) is 0 Å². The van der Waals surface area contributed by atoms with Crippen LogP contribution in [0.1, 0.15) is 11.1 Å². The van der Waals surface area contributed by atoms with Gasteiger partial charge in [0.05, 0.1) is 13.2 Å². The van der Waals surface area contributed by atoms with Crippen molar-refractivity contribution in [2.24, 2.45) is 0 Å². The van der Waals surface area contributed by atoms with Crippen molar-refractivity contribution in [3.8, 4) is 0 Å². The van der Waals surface area contributed by atoms with Crippen LogP contribution in [0.5, 0.6) is 0 Å². The molecule has 0 saturated heterocycles. The lowest BCUT2D eigenvalue weighted by atomic mass is 10.1. The van der Waals surface area contributed by atoms with E-state index < -0.39 is 7.60 Å². The number of hydrogen-bond donors (Lipinski definition) is 0. The molecular formula is C17H19F2O3P. The highest BCUT2D eigenvalue weighted by atomic mass is 31.2. The molecule has 124 valence electrons. The van der Waals surface area contributed by atoms with E-state index in [1.807, 2.05) is 0 Å². The Morgan fingerprint density at radius 3 is 1.61 bits per heavy atom. The molecule has 0 aromatic heterocycles. The van der Waals surface area contributed by atoms with E-state index in [2.05, 4.69) is 0 Å². The van der Waals surface area contributed by atoms with Gasteiger partial charge in [0.2, 0.25) is 0 Å². The Bertz CT molecular complexity index is 636. The molecule has 23 heavy (non-hydrogen) atoms. The van der Waals surface area contributed by atoms with E-state index in [0.29, 0.717) is 24.0 Å². The van der Waals surface area contributed by atoms with Gasteiger partial charge >= 0.3 is 7.60 Å². The number of halogens is 2. The summed E-state index contributed by atoms with van der Waals surface area (Å²) in [6, 6.07) is 12.7. The van der Waals surface area contributed by atoms with E-state index in [1.54, 1.807) is 36.4 Å². The molecule has 0 aliphatic carbocycles. The minimum atomic E-state index is -3.24. The van der Waals surface area contributed by atoms with E-state index in [1.165, 1.54) is 18.8 Å². The van der Waals surface area contributed by atoms with Gasteiger partial charge in [-0.1, -0.05) is 36.4 Å².